The van der Waals surface area contributed by atoms with Crippen molar-refractivity contribution in [2.45, 2.75) is 52.0 Å². The summed E-state index contributed by atoms with van der Waals surface area (Å²) in [4.78, 5) is 0. The highest BCUT2D eigenvalue weighted by Crippen LogP contribution is 2.55. The minimum Gasteiger partial charge on any atom is -0.313 e. The number of aryl methyl sites for hydroxylation is 1. The monoisotopic (exact) mass is 257 g/mol. The van der Waals surface area contributed by atoms with Gasteiger partial charge in [-0.3, -0.25) is 0 Å². The quantitative estimate of drug-likeness (QED) is 0.813. The van der Waals surface area contributed by atoms with Crippen LogP contribution in [0.15, 0.2) is 24.3 Å². The molecule has 0 heterocycles. The van der Waals surface area contributed by atoms with Gasteiger partial charge in [0.05, 0.1) is 0 Å². The van der Waals surface area contributed by atoms with Gasteiger partial charge in [0, 0.05) is 6.04 Å². The van der Waals surface area contributed by atoms with Crippen LogP contribution in [-0.2, 0) is 6.42 Å². The van der Waals surface area contributed by atoms with Crippen LogP contribution in [0.25, 0.3) is 0 Å². The molecule has 0 saturated heterocycles. The third-order valence-electron chi connectivity index (χ3n) is 5.21. The zero-order valence-corrected chi connectivity index (χ0v) is 12.4. The van der Waals surface area contributed by atoms with Crippen LogP contribution in [0.5, 0.6) is 0 Å². The van der Waals surface area contributed by atoms with Crippen molar-refractivity contribution in [3.05, 3.63) is 35.4 Å². The molecule has 1 nitrogen and oxygen atoms in total. The highest BCUT2D eigenvalue weighted by atomic mass is 14.9. The number of fused-ring (bicyclic) bond motifs is 1. The summed E-state index contributed by atoms with van der Waals surface area (Å²) in [6.07, 6.45) is 6.96. The van der Waals surface area contributed by atoms with Gasteiger partial charge in [-0.05, 0) is 74.5 Å². The fraction of sp³-hybridized carbons (Fsp3) is 0.667. The van der Waals surface area contributed by atoms with E-state index in [0.29, 0.717) is 6.04 Å². The Balaban J connectivity index is 1.66. The minimum atomic E-state index is 0.703. The number of hydrogen-bond donors (Lipinski definition) is 1. The predicted molar refractivity (Wildman–Crippen MR) is 81.3 cm³/mol. The lowest BCUT2D eigenvalue weighted by molar-refractivity contribution is 0.332. The van der Waals surface area contributed by atoms with Crippen molar-refractivity contribution in [3.63, 3.8) is 0 Å². The second-order valence-electron chi connectivity index (χ2n) is 6.68. The molecule has 2 aliphatic rings. The molecule has 3 rings (SSSR count). The molecule has 1 N–H and O–H groups in total. The van der Waals surface area contributed by atoms with Crippen LogP contribution in [0.1, 0.15) is 43.7 Å². The van der Waals surface area contributed by atoms with Crippen molar-refractivity contribution in [3.8, 4) is 0 Å². The van der Waals surface area contributed by atoms with Crippen LogP contribution >= 0.6 is 0 Å². The van der Waals surface area contributed by atoms with E-state index < -0.39 is 0 Å². The Morgan fingerprint density at radius 2 is 1.89 bits per heavy atom. The molecule has 3 atom stereocenters. The molecule has 0 spiro atoms. The Bertz CT molecular complexity index is 415. The van der Waals surface area contributed by atoms with Crippen molar-refractivity contribution in [2.75, 3.05) is 6.54 Å². The fourth-order valence-corrected chi connectivity index (χ4v) is 3.90. The topological polar surface area (TPSA) is 12.0 Å². The Hall–Kier alpha value is -0.820. The van der Waals surface area contributed by atoms with Gasteiger partial charge in [-0.2, -0.15) is 0 Å². The summed E-state index contributed by atoms with van der Waals surface area (Å²) in [6, 6.07) is 9.60. The van der Waals surface area contributed by atoms with Crippen molar-refractivity contribution < 1.29 is 0 Å². The van der Waals surface area contributed by atoms with Gasteiger partial charge in [0.2, 0.25) is 0 Å². The summed E-state index contributed by atoms with van der Waals surface area (Å²) in [5.74, 6) is 3.11. The molecule has 19 heavy (non-hydrogen) atoms. The summed E-state index contributed by atoms with van der Waals surface area (Å²) in [5.41, 5.74) is 2.99. The molecule has 0 bridgehead atoms. The Kier molecular flexibility index (Phi) is 3.93. The van der Waals surface area contributed by atoms with Crippen LogP contribution in [0.4, 0.5) is 0 Å². The number of benzene rings is 1. The standard InChI is InChI=1S/C18H27N/c1-3-8-19-18(17-10-15-9-16(15)11-17)12-14-7-5-4-6-13(14)2/h4-7,15-19H,3,8-12H2,1-2H3. The van der Waals surface area contributed by atoms with Gasteiger partial charge in [-0.15, -0.1) is 0 Å². The van der Waals surface area contributed by atoms with Crippen molar-refractivity contribution >= 4 is 0 Å². The molecule has 2 aliphatic carbocycles. The lowest BCUT2D eigenvalue weighted by Crippen LogP contribution is -2.38. The third kappa shape index (κ3) is 3.02. The minimum absolute atomic E-state index is 0.703. The predicted octanol–water partition coefficient (Wildman–Crippen LogP) is 3.95. The van der Waals surface area contributed by atoms with Crippen LogP contribution in [0.3, 0.4) is 0 Å². The molecule has 104 valence electrons. The maximum absolute atomic E-state index is 3.83. The highest BCUT2D eigenvalue weighted by Gasteiger charge is 2.47. The van der Waals surface area contributed by atoms with Crippen molar-refractivity contribution in [1.82, 2.24) is 5.32 Å². The van der Waals surface area contributed by atoms with Gasteiger partial charge >= 0.3 is 0 Å². The van der Waals surface area contributed by atoms with Crippen molar-refractivity contribution in [1.29, 1.82) is 0 Å². The van der Waals surface area contributed by atoms with E-state index in [2.05, 4.69) is 43.4 Å². The molecule has 2 saturated carbocycles. The number of rotatable bonds is 6. The molecular weight excluding hydrogens is 230 g/mol. The zero-order chi connectivity index (χ0) is 13.2. The molecular formula is C18H27N. The first kappa shape index (κ1) is 13.2. The fourth-order valence-electron chi connectivity index (χ4n) is 3.90. The van der Waals surface area contributed by atoms with E-state index in [9.17, 15) is 0 Å². The first-order chi connectivity index (χ1) is 9.28. The smallest absolute Gasteiger partial charge is 0.0136 e. The molecule has 2 fully saturated rings. The second kappa shape index (κ2) is 5.66. The van der Waals surface area contributed by atoms with E-state index in [-0.39, 0.29) is 0 Å². The van der Waals surface area contributed by atoms with E-state index in [4.69, 9.17) is 0 Å². The van der Waals surface area contributed by atoms with Gasteiger partial charge in [0.15, 0.2) is 0 Å². The zero-order valence-electron chi connectivity index (χ0n) is 12.4. The van der Waals surface area contributed by atoms with E-state index in [1.165, 1.54) is 49.8 Å². The molecule has 0 aliphatic heterocycles. The molecule has 1 aromatic rings. The van der Waals surface area contributed by atoms with Crippen LogP contribution < -0.4 is 5.32 Å². The lowest BCUT2D eigenvalue weighted by Gasteiger charge is -2.27. The van der Waals surface area contributed by atoms with Gasteiger partial charge in [-0.25, -0.2) is 0 Å². The summed E-state index contributed by atoms with van der Waals surface area (Å²) in [7, 11) is 0. The Labute approximate surface area is 117 Å². The number of hydrogen-bond acceptors (Lipinski definition) is 1. The first-order valence-electron chi connectivity index (χ1n) is 8.05. The maximum atomic E-state index is 3.83. The summed E-state index contributed by atoms with van der Waals surface area (Å²) in [5, 5.41) is 3.83. The van der Waals surface area contributed by atoms with Crippen LogP contribution in [-0.4, -0.2) is 12.6 Å². The number of nitrogens with one attached hydrogen (secondary N) is 1. The van der Waals surface area contributed by atoms with E-state index in [1.807, 2.05) is 0 Å². The molecule has 0 amide bonds. The van der Waals surface area contributed by atoms with E-state index in [0.717, 1.165) is 17.8 Å². The van der Waals surface area contributed by atoms with Gasteiger partial charge in [-0.1, -0.05) is 31.2 Å². The SMILES string of the molecule is CCCNC(Cc1ccccc1C)C1CC2CC2C1. The highest BCUT2D eigenvalue weighted by molar-refractivity contribution is 5.26. The van der Waals surface area contributed by atoms with Crippen LogP contribution in [0, 0.1) is 24.7 Å². The van der Waals surface area contributed by atoms with Crippen molar-refractivity contribution in [2.24, 2.45) is 17.8 Å². The Morgan fingerprint density at radius 1 is 1.16 bits per heavy atom. The Morgan fingerprint density at radius 3 is 2.58 bits per heavy atom. The largest absolute Gasteiger partial charge is 0.313 e. The second-order valence-corrected chi connectivity index (χ2v) is 6.68. The molecule has 1 aromatic carbocycles. The normalized spacial score (nSPS) is 30.1. The maximum Gasteiger partial charge on any atom is 0.0136 e. The summed E-state index contributed by atoms with van der Waals surface area (Å²) in [6.45, 7) is 5.69. The van der Waals surface area contributed by atoms with Crippen LogP contribution in [0.2, 0.25) is 0 Å². The molecule has 0 aromatic heterocycles. The van der Waals surface area contributed by atoms with E-state index >= 15 is 0 Å². The van der Waals surface area contributed by atoms with Gasteiger partial charge < -0.3 is 5.32 Å². The summed E-state index contributed by atoms with van der Waals surface area (Å²) < 4.78 is 0. The molecule has 0 radical (unpaired) electrons. The average molecular weight is 257 g/mol. The lowest BCUT2D eigenvalue weighted by atomic mass is 9.88. The van der Waals surface area contributed by atoms with E-state index in [1.54, 1.807) is 0 Å². The van der Waals surface area contributed by atoms with Gasteiger partial charge in [0.25, 0.3) is 0 Å². The average Bonchev–Trinajstić information content (AvgIpc) is 3.03. The van der Waals surface area contributed by atoms with Gasteiger partial charge in [0.1, 0.15) is 0 Å². The molecule has 1 heteroatoms. The third-order valence-corrected chi connectivity index (χ3v) is 5.21. The first-order valence-corrected chi connectivity index (χ1v) is 8.05. The summed E-state index contributed by atoms with van der Waals surface area (Å²) >= 11 is 0. The molecule has 3 unspecified atom stereocenters.